The molecule has 3 atom stereocenters. The second kappa shape index (κ2) is 9.03. The summed E-state index contributed by atoms with van der Waals surface area (Å²) >= 11 is 0. The first-order valence-electron chi connectivity index (χ1n) is 10.3. The van der Waals surface area contributed by atoms with Crippen molar-refractivity contribution in [2.24, 2.45) is 0 Å². The van der Waals surface area contributed by atoms with Crippen molar-refractivity contribution < 1.29 is 14.6 Å². The Morgan fingerprint density at radius 3 is 2.52 bits per heavy atom. The highest BCUT2D eigenvalue weighted by molar-refractivity contribution is 5.82. The van der Waals surface area contributed by atoms with Crippen molar-refractivity contribution in [2.75, 3.05) is 13.7 Å². The molecule has 4 rings (SSSR count). The molecule has 3 aromatic rings. The Bertz CT molecular complexity index is 1110. The number of amides is 1. The van der Waals surface area contributed by atoms with E-state index in [4.69, 9.17) is 4.74 Å². The number of nitrogens with zero attached hydrogens (tertiary/aromatic N) is 2. The summed E-state index contributed by atoms with van der Waals surface area (Å²) in [5, 5.41) is 20.1. The van der Waals surface area contributed by atoms with Gasteiger partial charge in [-0.25, -0.2) is 0 Å². The summed E-state index contributed by atoms with van der Waals surface area (Å²) in [4.78, 5) is 14.5. The van der Waals surface area contributed by atoms with E-state index in [0.29, 0.717) is 0 Å². The smallest absolute Gasteiger partial charge is 0.228 e. The van der Waals surface area contributed by atoms with Gasteiger partial charge in [0.2, 0.25) is 5.91 Å². The van der Waals surface area contributed by atoms with Crippen LogP contribution in [0.5, 0.6) is 5.75 Å². The number of carbonyl (C=O) groups is 1. The normalized spacial score (nSPS) is 19.9. The highest BCUT2D eigenvalue weighted by Crippen LogP contribution is 2.44. The number of nitriles is 1. The van der Waals surface area contributed by atoms with Gasteiger partial charge in [-0.15, -0.1) is 0 Å². The molecular formula is C26H24N2O3. The maximum Gasteiger partial charge on any atom is 0.228 e. The number of rotatable bonds is 6. The summed E-state index contributed by atoms with van der Waals surface area (Å²) in [7, 11) is 1.63. The molecule has 5 heteroatoms. The molecule has 1 heterocycles. The third-order valence-electron chi connectivity index (χ3n) is 5.92. The van der Waals surface area contributed by atoms with Crippen molar-refractivity contribution in [1.82, 2.24) is 4.90 Å². The Labute approximate surface area is 182 Å². The molecule has 1 aliphatic rings. The Hall–Kier alpha value is -3.62. The average Bonchev–Trinajstić information content (AvgIpc) is 2.80. The van der Waals surface area contributed by atoms with Crippen LogP contribution in [0.3, 0.4) is 0 Å². The van der Waals surface area contributed by atoms with Crippen LogP contribution in [0.25, 0.3) is 11.1 Å². The van der Waals surface area contributed by atoms with Crippen molar-refractivity contribution in [3.8, 4) is 22.9 Å². The summed E-state index contributed by atoms with van der Waals surface area (Å²) in [5.74, 6) is 0.333. The van der Waals surface area contributed by atoms with Crippen LogP contribution in [0, 0.1) is 11.3 Å². The van der Waals surface area contributed by atoms with Gasteiger partial charge < -0.3 is 14.7 Å². The van der Waals surface area contributed by atoms with Gasteiger partial charge in [-0.05, 0) is 34.4 Å². The average molecular weight is 412 g/mol. The standard InChI is InChI=1S/C26H24N2O3/c1-31-20-11-7-10-19(15-20)21-12-5-6-13-22(21)26-23(16-27)28(24(26)17-29)25(30)14-18-8-3-2-4-9-18/h2-13,15,23-24,26,29H,14,17H2,1H3/t23-,24+,26-/m1/s1. The van der Waals surface area contributed by atoms with Gasteiger partial charge >= 0.3 is 0 Å². The van der Waals surface area contributed by atoms with Gasteiger partial charge in [0, 0.05) is 5.92 Å². The monoisotopic (exact) mass is 412 g/mol. The molecule has 0 bridgehead atoms. The van der Waals surface area contributed by atoms with E-state index in [9.17, 15) is 15.2 Å². The zero-order valence-corrected chi connectivity index (χ0v) is 17.3. The Balaban J connectivity index is 1.66. The van der Waals surface area contributed by atoms with Gasteiger partial charge in [0.15, 0.2) is 0 Å². The van der Waals surface area contributed by atoms with Gasteiger partial charge in [-0.3, -0.25) is 4.79 Å². The third-order valence-corrected chi connectivity index (χ3v) is 5.92. The van der Waals surface area contributed by atoms with Crippen molar-refractivity contribution in [3.05, 3.63) is 90.0 Å². The van der Waals surface area contributed by atoms with Crippen molar-refractivity contribution in [2.45, 2.75) is 24.4 Å². The molecule has 31 heavy (non-hydrogen) atoms. The van der Waals surface area contributed by atoms with E-state index in [2.05, 4.69) is 6.07 Å². The number of likely N-dealkylation sites (tertiary alicyclic amines) is 1. The van der Waals surface area contributed by atoms with E-state index >= 15 is 0 Å². The third kappa shape index (κ3) is 3.90. The van der Waals surface area contributed by atoms with Crippen molar-refractivity contribution >= 4 is 5.91 Å². The largest absolute Gasteiger partial charge is 0.497 e. The molecule has 1 N–H and O–H groups in total. The van der Waals surface area contributed by atoms with E-state index in [0.717, 1.165) is 28.0 Å². The number of carbonyl (C=O) groups excluding carboxylic acids is 1. The summed E-state index contributed by atoms with van der Waals surface area (Å²) in [6.45, 7) is -0.199. The van der Waals surface area contributed by atoms with Crippen LogP contribution in [0.15, 0.2) is 78.9 Å². The lowest BCUT2D eigenvalue weighted by Gasteiger charge is -2.52. The molecule has 0 radical (unpaired) electrons. The van der Waals surface area contributed by atoms with Gasteiger partial charge in [-0.2, -0.15) is 5.26 Å². The lowest BCUT2D eigenvalue weighted by Crippen LogP contribution is -2.65. The first-order valence-corrected chi connectivity index (χ1v) is 10.3. The van der Waals surface area contributed by atoms with E-state index in [1.165, 1.54) is 0 Å². The van der Waals surface area contributed by atoms with E-state index in [1.54, 1.807) is 12.0 Å². The number of ether oxygens (including phenoxy) is 1. The first-order chi connectivity index (χ1) is 15.2. The van der Waals surface area contributed by atoms with Crippen LogP contribution in [0.2, 0.25) is 0 Å². The van der Waals surface area contributed by atoms with Crippen LogP contribution in [-0.4, -0.2) is 41.7 Å². The molecule has 0 unspecified atom stereocenters. The molecule has 1 fully saturated rings. The minimum Gasteiger partial charge on any atom is -0.497 e. The van der Waals surface area contributed by atoms with Crippen LogP contribution in [0.1, 0.15) is 17.0 Å². The molecule has 0 saturated carbocycles. The summed E-state index contributed by atoms with van der Waals surface area (Å²) < 4.78 is 5.36. The fraction of sp³-hybridized carbons (Fsp3) is 0.231. The number of hydrogen-bond acceptors (Lipinski definition) is 4. The molecule has 1 aliphatic heterocycles. The number of benzene rings is 3. The van der Waals surface area contributed by atoms with Gasteiger partial charge in [0.05, 0.1) is 32.2 Å². The highest BCUT2D eigenvalue weighted by Gasteiger charge is 2.52. The summed E-state index contributed by atoms with van der Waals surface area (Å²) in [6.07, 6.45) is 0.208. The number of aliphatic hydroxyl groups is 1. The second-order valence-electron chi connectivity index (χ2n) is 7.63. The molecule has 5 nitrogen and oxygen atoms in total. The lowest BCUT2D eigenvalue weighted by atomic mass is 9.73. The Kier molecular flexibility index (Phi) is 6.01. The minimum atomic E-state index is -0.625. The zero-order valence-electron chi connectivity index (χ0n) is 17.3. The van der Waals surface area contributed by atoms with E-state index in [-0.39, 0.29) is 24.9 Å². The lowest BCUT2D eigenvalue weighted by molar-refractivity contribution is -0.146. The maximum atomic E-state index is 13.0. The van der Waals surface area contributed by atoms with Gasteiger partial charge in [0.1, 0.15) is 11.8 Å². The first kappa shape index (κ1) is 20.6. The van der Waals surface area contributed by atoms with Crippen LogP contribution in [0.4, 0.5) is 0 Å². The van der Waals surface area contributed by atoms with Crippen molar-refractivity contribution in [3.63, 3.8) is 0 Å². The molecule has 1 saturated heterocycles. The molecule has 1 amide bonds. The quantitative estimate of drug-likeness (QED) is 0.669. The molecule has 0 aliphatic carbocycles. The van der Waals surface area contributed by atoms with E-state index in [1.807, 2.05) is 78.9 Å². The van der Waals surface area contributed by atoms with Gasteiger partial charge in [-0.1, -0.05) is 66.7 Å². The van der Waals surface area contributed by atoms with Crippen LogP contribution >= 0.6 is 0 Å². The number of hydrogen-bond donors (Lipinski definition) is 1. The number of methoxy groups -OCH3 is 1. The Morgan fingerprint density at radius 1 is 1.06 bits per heavy atom. The molecular weight excluding hydrogens is 388 g/mol. The minimum absolute atomic E-state index is 0.146. The highest BCUT2D eigenvalue weighted by atomic mass is 16.5. The van der Waals surface area contributed by atoms with Crippen molar-refractivity contribution in [1.29, 1.82) is 5.26 Å². The Morgan fingerprint density at radius 2 is 1.81 bits per heavy atom. The maximum absolute atomic E-state index is 13.0. The van der Waals surface area contributed by atoms with Crippen LogP contribution in [-0.2, 0) is 11.2 Å². The second-order valence-corrected chi connectivity index (χ2v) is 7.63. The summed E-state index contributed by atoms with van der Waals surface area (Å²) in [6, 6.07) is 26.3. The molecule has 3 aromatic carbocycles. The zero-order chi connectivity index (χ0) is 21.8. The predicted molar refractivity (Wildman–Crippen MR) is 118 cm³/mol. The molecule has 156 valence electrons. The van der Waals surface area contributed by atoms with E-state index < -0.39 is 12.1 Å². The van der Waals surface area contributed by atoms with Crippen LogP contribution < -0.4 is 4.74 Å². The predicted octanol–water partition coefficient (Wildman–Crippen LogP) is 3.78. The number of aliphatic hydroxyl groups excluding tert-OH is 1. The SMILES string of the molecule is COc1cccc(-c2ccccc2[C@@H]2[C@@H](C#N)N(C(=O)Cc3ccccc3)[C@H]2CO)c1. The fourth-order valence-electron chi connectivity index (χ4n) is 4.43. The molecule has 0 aromatic heterocycles. The van der Waals surface area contributed by atoms with Gasteiger partial charge in [0.25, 0.3) is 0 Å². The topological polar surface area (TPSA) is 73.6 Å². The molecule has 0 spiro atoms. The summed E-state index contributed by atoms with van der Waals surface area (Å²) in [5.41, 5.74) is 3.78. The fourth-order valence-corrected chi connectivity index (χ4v) is 4.43.